The number of halogens is 1. The van der Waals surface area contributed by atoms with Gasteiger partial charge >= 0.3 is 5.97 Å². The van der Waals surface area contributed by atoms with E-state index in [1.54, 1.807) is 4.90 Å². The Morgan fingerprint density at radius 1 is 1.23 bits per heavy atom. The van der Waals surface area contributed by atoms with Crippen LogP contribution in [-0.4, -0.2) is 52.2 Å². The summed E-state index contributed by atoms with van der Waals surface area (Å²) >= 11 is 0. The lowest BCUT2D eigenvalue weighted by atomic mass is 9.98. The molecule has 7 nitrogen and oxygen atoms in total. The first-order chi connectivity index (χ1) is 14.9. The average molecular weight is 424 g/mol. The van der Waals surface area contributed by atoms with Crippen LogP contribution in [0, 0.1) is 5.82 Å². The summed E-state index contributed by atoms with van der Waals surface area (Å²) in [7, 11) is 0. The number of anilines is 1. The van der Waals surface area contributed by atoms with Gasteiger partial charge in [0, 0.05) is 41.9 Å². The molecule has 3 N–H and O–H groups in total. The standard InChI is InChI=1S/C23H21FN2O5/c24-14-2-4-18-17(8-14)20(22(28)25-18)21-16-3-1-12(7-13(16)11-31-21)5-6-26-10-15(27)9-19(26)23(29)30/h1-4,7-8,15,19,27H,5-6,9-11H2,(H,25,28)(H,29,30). The number of fused-ring (bicyclic) bond motifs is 2. The van der Waals surface area contributed by atoms with Crippen molar-refractivity contribution in [2.75, 3.05) is 18.4 Å². The van der Waals surface area contributed by atoms with Gasteiger partial charge in [0.25, 0.3) is 5.91 Å². The molecule has 160 valence electrons. The number of aliphatic hydroxyl groups is 1. The van der Waals surface area contributed by atoms with Crippen LogP contribution in [0.1, 0.15) is 28.7 Å². The third-order valence-electron chi connectivity index (χ3n) is 6.09. The zero-order chi connectivity index (χ0) is 21.7. The van der Waals surface area contributed by atoms with Gasteiger partial charge in [0.1, 0.15) is 24.2 Å². The molecular weight excluding hydrogens is 403 g/mol. The fourth-order valence-electron chi connectivity index (χ4n) is 4.60. The molecule has 5 rings (SSSR count). The Labute approximate surface area is 177 Å². The van der Waals surface area contributed by atoms with Crippen molar-refractivity contribution >= 4 is 28.9 Å². The second-order valence-corrected chi connectivity index (χ2v) is 8.12. The van der Waals surface area contributed by atoms with E-state index in [2.05, 4.69) is 5.32 Å². The number of hydrogen-bond acceptors (Lipinski definition) is 5. The smallest absolute Gasteiger partial charge is 0.321 e. The third-order valence-corrected chi connectivity index (χ3v) is 6.09. The molecule has 1 saturated heterocycles. The average Bonchev–Trinajstić information content (AvgIpc) is 3.40. The summed E-state index contributed by atoms with van der Waals surface area (Å²) in [4.78, 5) is 25.7. The Balaban J connectivity index is 1.39. The number of nitrogens with one attached hydrogen (secondary N) is 1. The second kappa shape index (κ2) is 7.47. The van der Waals surface area contributed by atoms with Crippen molar-refractivity contribution in [3.8, 4) is 0 Å². The fourth-order valence-corrected chi connectivity index (χ4v) is 4.60. The van der Waals surface area contributed by atoms with Crippen LogP contribution in [0.2, 0.25) is 0 Å². The molecule has 0 bridgehead atoms. The van der Waals surface area contributed by atoms with Crippen molar-refractivity contribution in [2.24, 2.45) is 0 Å². The number of ether oxygens (including phenoxy) is 1. The topological polar surface area (TPSA) is 99.1 Å². The minimum atomic E-state index is -0.915. The van der Waals surface area contributed by atoms with Gasteiger partial charge in [-0.3, -0.25) is 14.5 Å². The molecule has 2 aromatic rings. The van der Waals surface area contributed by atoms with E-state index in [-0.39, 0.29) is 12.3 Å². The van der Waals surface area contributed by atoms with Gasteiger partial charge in [-0.05, 0) is 30.2 Å². The van der Waals surface area contributed by atoms with Crippen LogP contribution in [0.4, 0.5) is 10.1 Å². The van der Waals surface area contributed by atoms with Gasteiger partial charge in [0.2, 0.25) is 0 Å². The normalized spacial score (nSPS) is 24.6. The zero-order valence-corrected chi connectivity index (χ0v) is 16.6. The largest absolute Gasteiger partial charge is 0.487 e. The quantitative estimate of drug-likeness (QED) is 0.651. The van der Waals surface area contributed by atoms with Crippen molar-refractivity contribution in [3.63, 3.8) is 0 Å². The van der Waals surface area contributed by atoms with Crippen molar-refractivity contribution in [1.82, 2.24) is 4.90 Å². The van der Waals surface area contributed by atoms with Gasteiger partial charge in [-0.2, -0.15) is 0 Å². The van der Waals surface area contributed by atoms with E-state index < -0.39 is 23.9 Å². The highest BCUT2D eigenvalue weighted by molar-refractivity contribution is 6.36. The molecule has 2 atom stereocenters. The number of hydrogen-bond donors (Lipinski definition) is 3. The molecule has 0 radical (unpaired) electrons. The molecule has 31 heavy (non-hydrogen) atoms. The number of carbonyl (C=O) groups is 2. The van der Waals surface area contributed by atoms with Crippen LogP contribution >= 0.6 is 0 Å². The fraction of sp³-hybridized carbons (Fsp3) is 0.304. The maximum atomic E-state index is 13.8. The number of β-amino-alcohol motifs (C(OH)–C–C–N with tert-alkyl or cyclic N) is 1. The second-order valence-electron chi connectivity index (χ2n) is 8.12. The molecule has 2 unspecified atom stereocenters. The Morgan fingerprint density at radius 2 is 2.06 bits per heavy atom. The maximum absolute atomic E-state index is 13.8. The summed E-state index contributed by atoms with van der Waals surface area (Å²) in [6.45, 7) is 1.18. The summed E-state index contributed by atoms with van der Waals surface area (Å²) in [6, 6.07) is 9.31. The molecule has 0 spiro atoms. The summed E-state index contributed by atoms with van der Waals surface area (Å²) in [5.74, 6) is -1.22. The molecular formula is C23H21FN2O5. The van der Waals surface area contributed by atoms with E-state index >= 15 is 0 Å². The number of nitrogens with zero attached hydrogens (tertiary/aromatic N) is 1. The highest BCUT2D eigenvalue weighted by Gasteiger charge is 2.36. The SMILES string of the molecule is O=C1Nc2ccc(F)cc2C1=C1OCc2cc(CCN3CC(O)CC3C(=O)O)ccc21. The van der Waals surface area contributed by atoms with Crippen molar-refractivity contribution in [2.45, 2.75) is 31.6 Å². The lowest BCUT2D eigenvalue weighted by Crippen LogP contribution is -2.37. The number of carboxylic acid groups (broad SMARTS) is 1. The number of likely N-dealkylation sites (tertiary alicyclic amines) is 1. The Bertz CT molecular complexity index is 1130. The van der Waals surface area contributed by atoms with Crippen LogP contribution < -0.4 is 5.32 Å². The molecule has 1 fully saturated rings. The molecule has 3 aliphatic heterocycles. The van der Waals surface area contributed by atoms with Crippen LogP contribution in [-0.2, 0) is 27.4 Å². The van der Waals surface area contributed by atoms with Crippen LogP contribution in [0.3, 0.4) is 0 Å². The van der Waals surface area contributed by atoms with Gasteiger partial charge in [-0.25, -0.2) is 4.39 Å². The molecule has 0 aliphatic carbocycles. The highest BCUT2D eigenvalue weighted by atomic mass is 19.1. The van der Waals surface area contributed by atoms with Gasteiger partial charge in [0.15, 0.2) is 0 Å². The van der Waals surface area contributed by atoms with E-state index in [0.717, 1.165) is 16.7 Å². The highest BCUT2D eigenvalue weighted by Crippen LogP contribution is 2.42. The molecule has 3 heterocycles. The van der Waals surface area contributed by atoms with Crippen LogP contribution in [0.25, 0.3) is 11.3 Å². The van der Waals surface area contributed by atoms with Gasteiger partial charge in [-0.15, -0.1) is 0 Å². The minimum Gasteiger partial charge on any atom is -0.487 e. The predicted molar refractivity (Wildman–Crippen MR) is 110 cm³/mol. The molecule has 0 saturated carbocycles. The first kappa shape index (κ1) is 19.7. The van der Waals surface area contributed by atoms with E-state index in [4.69, 9.17) is 4.74 Å². The molecule has 2 aromatic carbocycles. The van der Waals surface area contributed by atoms with E-state index in [1.807, 2.05) is 18.2 Å². The first-order valence-corrected chi connectivity index (χ1v) is 10.2. The number of benzene rings is 2. The van der Waals surface area contributed by atoms with Gasteiger partial charge in [0.05, 0.1) is 11.7 Å². The first-order valence-electron chi connectivity index (χ1n) is 10.2. The molecule has 0 aromatic heterocycles. The van der Waals surface area contributed by atoms with Crippen molar-refractivity contribution < 1.29 is 28.9 Å². The maximum Gasteiger partial charge on any atom is 0.321 e. The molecule has 1 amide bonds. The summed E-state index contributed by atoms with van der Waals surface area (Å²) < 4.78 is 19.6. The minimum absolute atomic E-state index is 0.244. The monoisotopic (exact) mass is 424 g/mol. The van der Waals surface area contributed by atoms with Gasteiger partial charge < -0.3 is 20.3 Å². The summed E-state index contributed by atoms with van der Waals surface area (Å²) in [5.41, 5.74) is 4.12. The van der Waals surface area contributed by atoms with E-state index in [1.165, 1.54) is 18.2 Å². The van der Waals surface area contributed by atoms with E-state index in [0.29, 0.717) is 48.7 Å². The summed E-state index contributed by atoms with van der Waals surface area (Å²) in [6.07, 6.45) is 0.257. The Kier molecular flexibility index (Phi) is 4.75. The van der Waals surface area contributed by atoms with Crippen LogP contribution in [0.15, 0.2) is 36.4 Å². The van der Waals surface area contributed by atoms with E-state index in [9.17, 15) is 24.2 Å². The summed E-state index contributed by atoms with van der Waals surface area (Å²) in [5, 5.41) is 21.9. The number of rotatable bonds is 4. The Morgan fingerprint density at radius 3 is 2.87 bits per heavy atom. The molecule has 3 aliphatic rings. The molecule has 8 heteroatoms. The lowest BCUT2D eigenvalue weighted by Gasteiger charge is -2.20. The number of amides is 1. The predicted octanol–water partition coefficient (Wildman–Crippen LogP) is 2.24. The Hall–Kier alpha value is -3.23. The number of carboxylic acids is 1. The van der Waals surface area contributed by atoms with Crippen molar-refractivity contribution in [1.29, 1.82) is 0 Å². The zero-order valence-electron chi connectivity index (χ0n) is 16.6. The third kappa shape index (κ3) is 3.47. The lowest BCUT2D eigenvalue weighted by molar-refractivity contribution is -0.142. The van der Waals surface area contributed by atoms with Crippen LogP contribution in [0.5, 0.6) is 0 Å². The number of aliphatic carboxylic acids is 1. The van der Waals surface area contributed by atoms with Gasteiger partial charge in [-0.1, -0.05) is 18.2 Å². The van der Waals surface area contributed by atoms with Crippen molar-refractivity contribution in [3.05, 3.63) is 64.5 Å². The number of aliphatic hydroxyl groups excluding tert-OH is 1. The number of carbonyl (C=O) groups excluding carboxylic acids is 1.